The number of aromatic nitrogens is 2. The van der Waals surface area contributed by atoms with E-state index in [1.807, 2.05) is 31.2 Å². The SMILES string of the molecule is Cc1cnc(N)nc1-c1cccc(CO)c1. The van der Waals surface area contributed by atoms with Crippen LogP contribution in [0.2, 0.25) is 0 Å². The summed E-state index contributed by atoms with van der Waals surface area (Å²) in [6.07, 6.45) is 1.70. The minimum atomic E-state index is 0.0213. The van der Waals surface area contributed by atoms with Crippen molar-refractivity contribution in [3.63, 3.8) is 0 Å². The molecule has 16 heavy (non-hydrogen) atoms. The van der Waals surface area contributed by atoms with Crippen LogP contribution in [0.1, 0.15) is 11.1 Å². The van der Waals surface area contributed by atoms with Gasteiger partial charge in [0.2, 0.25) is 5.95 Å². The molecule has 4 nitrogen and oxygen atoms in total. The lowest BCUT2D eigenvalue weighted by Crippen LogP contribution is -1.98. The number of nitrogens with two attached hydrogens (primary N) is 1. The molecule has 82 valence electrons. The van der Waals surface area contributed by atoms with Crippen molar-refractivity contribution in [2.75, 3.05) is 5.73 Å². The van der Waals surface area contributed by atoms with Crippen LogP contribution in [0.15, 0.2) is 30.5 Å². The van der Waals surface area contributed by atoms with Crippen molar-refractivity contribution in [2.45, 2.75) is 13.5 Å². The summed E-state index contributed by atoms with van der Waals surface area (Å²) >= 11 is 0. The molecule has 1 heterocycles. The first-order valence-electron chi connectivity index (χ1n) is 5.00. The van der Waals surface area contributed by atoms with E-state index in [0.717, 1.165) is 22.4 Å². The van der Waals surface area contributed by atoms with Crippen molar-refractivity contribution in [3.05, 3.63) is 41.6 Å². The fourth-order valence-electron chi connectivity index (χ4n) is 1.56. The van der Waals surface area contributed by atoms with Gasteiger partial charge in [-0.2, -0.15) is 0 Å². The number of rotatable bonds is 2. The molecule has 0 radical (unpaired) electrons. The van der Waals surface area contributed by atoms with Crippen molar-refractivity contribution in [1.82, 2.24) is 9.97 Å². The van der Waals surface area contributed by atoms with Gasteiger partial charge in [0.05, 0.1) is 12.3 Å². The summed E-state index contributed by atoms with van der Waals surface area (Å²) < 4.78 is 0. The Kier molecular flexibility index (Phi) is 2.83. The predicted molar refractivity (Wildman–Crippen MR) is 62.5 cm³/mol. The molecule has 0 aliphatic carbocycles. The van der Waals surface area contributed by atoms with Crippen LogP contribution in [0.3, 0.4) is 0 Å². The standard InChI is InChI=1S/C12H13N3O/c1-8-6-14-12(13)15-11(8)10-4-2-3-9(5-10)7-16/h2-6,16H,7H2,1H3,(H2,13,14,15). The first-order chi connectivity index (χ1) is 7.70. The highest BCUT2D eigenvalue weighted by molar-refractivity contribution is 5.64. The maximum atomic E-state index is 9.08. The van der Waals surface area contributed by atoms with Gasteiger partial charge in [-0.3, -0.25) is 0 Å². The Morgan fingerprint density at radius 2 is 2.19 bits per heavy atom. The number of hydrogen-bond donors (Lipinski definition) is 2. The lowest BCUT2D eigenvalue weighted by molar-refractivity contribution is 0.282. The second-order valence-electron chi connectivity index (χ2n) is 3.62. The molecule has 0 aliphatic heterocycles. The van der Waals surface area contributed by atoms with E-state index >= 15 is 0 Å². The number of nitrogens with zero attached hydrogens (tertiary/aromatic N) is 2. The molecule has 3 N–H and O–H groups in total. The van der Waals surface area contributed by atoms with Crippen LogP contribution in [0, 0.1) is 6.92 Å². The smallest absolute Gasteiger partial charge is 0.220 e. The van der Waals surface area contributed by atoms with E-state index in [4.69, 9.17) is 10.8 Å². The molecule has 0 atom stereocenters. The van der Waals surface area contributed by atoms with Crippen LogP contribution in [0.5, 0.6) is 0 Å². The molecule has 2 aromatic rings. The number of hydrogen-bond acceptors (Lipinski definition) is 4. The molecule has 0 saturated carbocycles. The highest BCUT2D eigenvalue weighted by Gasteiger charge is 2.05. The minimum absolute atomic E-state index is 0.0213. The van der Waals surface area contributed by atoms with Gasteiger partial charge in [-0.15, -0.1) is 0 Å². The third kappa shape index (κ3) is 2.01. The van der Waals surface area contributed by atoms with E-state index in [0.29, 0.717) is 0 Å². The molecule has 1 aromatic carbocycles. The van der Waals surface area contributed by atoms with Crippen molar-refractivity contribution < 1.29 is 5.11 Å². The van der Waals surface area contributed by atoms with Gasteiger partial charge in [-0.1, -0.05) is 18.2 Å². The molecular formula is C12H13N3O. The molecule has 1 aromatic heterocycles. The Balaban J connectivity index is 2.53. The van der Waals surface area contributed by atoms with Gasteiger partial charge in [0.25, 0.3) is 0 Å². The van der Waals surface area contributed by atoms with E-state index in [1.165, 1.54) is 0 Å². The van der Waals surface area contributed by atoms with E-state index in [9.17, 15) is 0 Å². The molecule has 0 unspecified atom stereocenters. The molecular weight excluding hydrogens is 202 g/mol. The number of aliphatic hydroxyl groups excluding tert-OH is 1. The molecule has 0 saturated heterocycles. The summed E-state index contributed by atoms with van der Waals surface area (Å²) in [6.45, 7) is 1.95. The Bertz CT molecular complexity index is 511. The molecule has 0 fully saturated rings. The summed E-state index contributed by atoms with van der Waals surface area (Å²) in [7, 11) is 0. The monoisotopic (exact) mass is 215 g/mol. The summed E-state index contributed by atoms with van der Waals surface area (Å²) in [5, 5.41) is 9.08. The van der Waals surface area contributed by atoms with Crippen molar-refractivity contribution in [2.24, 2.45) is 0 Å². The molecule has 4 heteroatoms. The second kappa shape index (κ2) is 4.28. The molecule has 0 bridgehead atoms. The third-order valence-electron chi connectivity index (χ3n) is 2.37. The highest BCUT2D eigenvalue weighted by Crippen LogP contribution is 2.22. The van der Waals surface area contributed by atoms with Gasteiger partial charge in [0.15, 0.2) is 0 Å². The average Bonchev–Trinajstić information content (AvgIpc) is 2.32. The third-order valence-corrected chi connectivity index (χ3v) is 2.37. The zero-order valence-electron chi connectivity index (χ0n) is 9.01. The van der Waals surface area contributed by atoms with Gasteiger partial charge in [0.1, 0.15) is 0 Å². The first-order valence-corrected chi connectivity index (χ1v) is 5.00. The molecule has 2 rings (SSSR count). The quantitative estimate of drug-likeness (QED) is 0.796. The molecule has 0 spiro atoms. The number of benzene rings is 1. The van der Waals surface area contributed by atoms with Crippen LogP contribution in [-0.4, -0.2) is 15.1 Å². The number of anilines is 1. The number of aliphatic hydroxyl groups is 1. The zero-order valence-corrected chi connectivity index (χ0v) is 9.01. The van der Waals surface area contributed by atoms with E-state index in [2.05, 4.69) is 9.97 Å². The normalized spacial score (nSPS) is 10.4. The van der Waals surface area contributed by atoms with Crippen LogP contribution in [0.4, 0.5) is 5.95 Å². The van der Waals surface area contributed by atoms with E-state index < -0.39 is 0 Å². The van der Waals surface area contributed by atoms with Crippen LogP contribution in [-0.2, 0) is 6.61 Å². The lowest BCUT2D eigenvalue weighted by atomic mass is 10.1. The fraction of sp³-hybridized carbons (Fsp3) is 0.167. The molecule has 0 aliphatic rings. The summed E-state index contributed by atoms with van der Waals surface area (Å²) in [5.74, 6) is 0.259. The van der Waals surface area contributed by atoms with Gasteiger partial charge in [0, 0.05) is 11.8 Å². The molecule has 0 amide bonds. The van der Waals surface area contributed by atoms with Crippen LogP contribution >= 0.6 is 0 Å². The Morgan fingerprint density at radius 1 is 1.38 bits per heavy atom. The van der Waals surface area contributed by atoms with E-state index in [1.54, 1.807) is 6.20 Å². The van der Waals surface area contributed by atoms with Gasteiger partial charge >= 0.3 is 0 Å². The lowest BCUT2D eigenvalue weighted by Gasteiger charge is -2.06. The summed E-state index contributed by atoms with van der Waals surface area (Å²) in [5.41, 5.74) is 9.13. The number of aryl methyl sites for hydroxylation is 1. The van der Waals surface area contributed by atoms with Crippen LogP contribution < -0.4 is 5.73 Å². The van der Waals surface area contributed by atoms with Crippen molar-refractivity contribution >= 4 is 5.95 Å². The van der Waals surface area contributed by atoms with Gasteiger partial charge in [-0.25, -0.2) is 9.97 Å². The first kappa shape index (κ1) is 10.6. The van der Waals surface area contributed by atoms with Gasteiger partial charge in [-0.05, 0) is 24.1 Å². The van der Waals surface area contributed by atoms with Crippen molar-refractivity contribution in [1.29, 1.82) is 0 Å². The second-order valence-corrected chi connectivity index (χ2v) is 3.62. The summed E-state index contributed by atoms with van der Waals surface area (Å²) in [4.78, 5) is 8.13. The topological polar surface area (TPSA) is 72.0 Å². The highest BCUT2D eigenvalue weighted by atomic mass is 16.3. The minimum Gasteiger partial charge on any atom is -0.392 e. The number of nitrogen functional groups attached to an aromatic ring is 1. The predicted octanol–water partition coefficient (Wildman–Crippen LogP) is 1.53. The Hall–Kier alpha value is -1.94. The Morgan fingerprint density at radius 3 is 2.94 bits per heavy atom. The maximum absolute atomic E-state index is 9.08. The fourth-order valence-corrected chi connectivity index (χ4v) is 1.56. The zero-order chi connectivity index (χ0) is 11.5. The van der Waals surface area contributed by atoms with Crippen LogP contribution in [0.25, 0.3) is 11.3 Å². The maximum Gasteiger partial charge on any atom is 0.220 e. The Labute approximate surface area is 93.8 Å². The van der Waals surface area contributed by atoms with E-state index in [-0.39, 0.29) is 12.6 Å². The average molecular weight is 215 g/mol. The summed E-state index contributed by atoms with van der Waals surface area (Å²) in [6, 6.07) is 7.59. The largest absolute Gasteiger partial charge is 0.392 e. The van der Waals surface area contributed by atoms with Crippen molar-refractivity contribution in [3.8, 4) is 11.3 Å². The van der Waals surface area contributed by atoms with Gasteiger partial charge < -0.3 is 10.8 Å².